The number of benzene rings is 1. The quantitative estimate of drug-likeness (QED) is 0.867. The lowest BCUT2D eigenvalue weighted by Gasteiger charge is -2.28. The van der Waals surface area contributed by atoms with Crippen LogP contribution in [0.25, 0.3) is 0 Å². The van der Waals surface area contributed by atoms with Crippen LogP contribution in [0.4, 0.5) is 0 Å². The third-order valence-corrected chi connectivity index (χ3v) is 4.21. The summed E-state index contributed by atoms with van der Waals surface area (Å²) in [6.07, 6.45) is 0.760. The van der Waals surface area contributed by atoms with Crippen LogP contribution in [0.3, 0.4) is 0 Å². The second kappa shape index (κ2) is 8.36. The molecule has 1 aromatic rings. The molecule has 0 bridgehead atoms. The molecule has 0 aliphatic carbocycles. The average molecular weight is 326 g/mol. The van der Waals surface area contributed by atoms with Gasteiger partial charge in [-0.05, 0) is 12.5 Å². The van der Waals surface area contributed by atoms with E-state index in [0.29, 0.717) is 6.61 Å². The molecular weight excluding hydrogens is 302 g/mol. The van der Waals surface area contributed by atoms with Gasteiger partial charge in [0.05, 0.1) is 12.5 Å². The second-order valence-electron chi connectivity index (χ2n) is 5.61. The van der Waals surface area contributed by atoms with Crippen molar-refractivity contribution < 1.29 is 9.53 Å². The summed E-state index contributed by atoms with van der Waals surface area (Å²) in [6.45, 7) is 6.48. The molecule has 0 aromatic heterocycles. The predicted octanol–water partition coefficient (Wildman–Crippen LogP) is 0.996. The van der Waals surface area contributed by atoms with Gasteiger partial charge in [-0.15, -0.1) is 12.4 Å². The lowest BCUT2D eigenvalue weighted by Crippen LogP contribution is -2.46. The van der Waals surface area contributed by atoms with Crippen LogP contribution in [-0.2, 0) is 4.79 Å². The lowest BCUT2D eigenvalue weighted by atomic mass is 9.92. The molecule has 6 heteroatoms. The van der Waals surface area contributed by atoms with Crippen molar-refractivity contribution in [3.8, 4) is 5.75 Å². The van der Waals surface area contributed by atoms with Crippen molar-refractivity contribution in [1.82, 2.24) is 15.5 Å². The first kappa shape index (κ1) is 17.1. The molecule has 0 radical (unpaired) electrons. The number of fused-ring (bicyclic) bond motifs is 1. The first-order valence-corrected chi connectivity index (χ1v) is 7.77. The number of carbonyl (C=O) groups excluding carboxylic acids is 1. The fourth-order valence-corrected chi connectivity index (χ4v) is 3.01. The highest BCUT2D eigenvalue weighted by Crippen LogP contribution is 2.33. The summed E-state index contributed by atoms with van der Waals surface area (Å²) >= 11 is 0. The van der Waals surface area contributed by atoms with Gasteiger partial charge in [0, 0.05) is 44.8 Å². The zero-order chi connectivity index (χ0) is 14.5. The number of para-hydroxylation sites is 1. The molecule has 5 nitrogen and oxygen atoms in total. The van der Waals surface area contributed by atoms with Crippen molar-refractivity contribution in [2.45, 2.75) is 12.3 Å². The third-order valence-electron chi connectivity index (χ3n) is 4.21. The van der Waals surface area contributed by atoms with Crippen LogP contribution in [0, 0.1) is 0 Å². The monoisotopic (exact) mass is 325 g/mol. The highest BCUT2D eigenvalue weighted by atomic mass is 35.5. The Kier molecular flexibility index (Phi) is 6.49. The number of hydrogen-bond acceptors (Lipinski definition) is 4. The molecule has 2 aliphatic rings. The smallest absolute Gasteiger partial charge is 0.227 e. The molecule has 1 unspecified atom stereocenters. The van der Waals surface area contributed by atoms with Crippen molar-refractivity contribution in [1.29, 1.82) is 0 Å². The van der Waals surface area contributed by atoms with Gasteiger partial charge >= 0.3 is 0 Å². The van der Waals surface area contributed by atoms with Gasteiger partial charge in [0.1, 0.15) is 5.75 Å². The molecule has 122 valence electrons. The van der Waals surface area contributed by atoms with Crippen LogP contribution in [0.15, 0.2) is 24.3 Å². The second-order valence-corrected chi connectivity index (χ2v) is 5.61. The Bertz CT molecular complexity index is 492. The summed E-state index contributed by atoms with van der Waals surface area (Å²) in [5.74, 6) is 0.907. The molecule has 2 heterocycles. The Morgan fingerprint density at radius 3 is 2.91 bits per heavy atom. The largest absolute Gasteiger partial charge is 0.493 e. The van der Waals surface area contributed by atoms with Gasteiger partial charge in [-0.1, -0.05) is 18.2 Å². The predicted molar refractivity (Wildman–Crippen MR) is 88.9 cm³/mol. The maximum atomic E-state index is 12.4. The van der Waals surface area contributed by atoms with E-state index in [9.17, 15) is 4.79 Å². The van der Waals surface area contributed by atoms with Crippen LogP contribution < -0.4 is 15.4 Å². The minimum atomic E-state index is -0.0713. The summed E-state index contributed by atoms with van der Waals surface area (Å²) in [5, 5.41) is 6.42. The van der Waals surface area contributed by atoms with E-state index in [1.165, 1.54) is 0 Å². The van der Waals surface area contributed by atoms with E-state index in [-0.39, 0.29) is 24.2 Å². The van der Waals surface area contributed by atoms with Crippen LogP contribution in [0.5, 0.6) is 5.75 Å². The molecule has 2 N–H and O–H groups in total. The maximum absolute atomic E-state index is 12.4. The number of carbonyl (C=O) groups is 1. The SMILES string of the molecule is Cl.O=C(NCCN1CCNCC1)C1CCOc2ccccc21. The molecule has 22 heavy (non-hydrogen) atoms. The van der Waals surface area contributed by atoms with E-state index in [1.807, 2.05) is 24.3 Å². The molecule has 1 amide bonds. The summed E-state index contributed by atoms with van der Waals surface area (Å²) < 4.78 is 5.61. The maximum Gasteiger partial charge on any atom is 0.227 e. The summed E-state index contributed by atoms with van der Waals surface area (Å²) in [6, 6.07) is 7.85. The third kappa shape index (κ3) is 4.12. The molecule has 1 fully saturated rings. The molecule has 1 atom stereocenters. The summed E-state index contributed by atoms with van der Waals surface area (Å²) in [5.41, 5.74) is 1.02. The van der Waals surface area contributed by atoms with Gasteiger partial charge in [0.25, 0.3) is 0 Å². The van der Waals surface area contributed by atoms with Gasteiger partial charge in [0.2, 0.25) is 5.91 Å². The molecular formula is C16H24ClN3O2. The van der Waals surface area contributed by atoms with Crippen LogP contribution >= 0.6 is 12.4 Å². The van der Waals surface area contributed by atoms with Crippen LogP contribution in [0.1, 0.15) is 17.9 Å². The topological polar surface area (TPSA) is 53.6 Å². The van der Waals surface area contributed by atoms with Crippen molar-refractivity contribution >= 4 is 18.3 Å². The van der Waals surface area contributed by atoms with E-state index >= 15 is 0 Å². The Hall–Kier alpha value is -1.30. The minimum absolute atomic E-state index is 0. The Balaban J connectivity index is 0.00000176. The van der Waals surface area contributed by atoms with E-state index in [2.05, 4.69) is 15.5 Å². The Morgan fingerprint density at radius 1 is 1.32 bits per heavy atom. The van der Waals surface area contributed by atoms with Crippen molar-refractivity contribution in [2.24, 2.45) is 0 Å². The summed E-state index contributed by atoms with van der Waals surface area (Å²) in [7, 11) is 0. The number of rotatable bonds is 4. The lowest BCUT2D eigenvalue weighted by molar-refractivity contribution is -0.123. The van der Waals surface area contributed by atoms with Crippen molar-refractivity contribution in [2.75, 3.05) is 45.9 Å². The van der Waals surface area contributed by atoms with Gasteiger partial charge in [-0.25, -0.2) is 0 Å². The van der Waals surface area contributed by atoms with Gasteiger partial charge < -0.3 is 15.4 Å². The molecule has 3 rings (SSSR count). The highest BCUT2D eigenvalue weighted by molar-refractivity contribution is 5.85. The van der Waals surface area contributed by atoms with Crippen molar-refractivity contribution in [3.63, 3.8) is 0 Å². The molecule has 1 saturated heterocycles. The van der Waals surface area contributed by atoms with Crippen LogP contribution in [-0.4, -0.2) is 56.7 Å². The fourth-order valence-electron chi connectivity index (χ4n) is 3.01. The average Bonchev–Trinajstić information content (AvgIpc) is 2.55. The number of ether oxygens (including phenoxy) is 1. The number of halogens is 1. The fraction of sp³-hybridized carbons (Fsp3) is 0.562. The molecule has 0 spiro atoms. The number of amides is 1. The number of hydrogen-bond donors (Lipinski definition) is 2. The number of piperazine rings is 1. The standard InChI is InChI=1S/C16H23N3O2.ClH/c20-16(18-8-11-19-9-6-17-7-10-19)14-5-12-21-15-4-2-1-3-13(14)15;/h1-4,14,17H,5-12H2,(H,18,20);1H. The minimum Gasteiger partial charge on any atom is -0.493 e. The Morgan fingerprint density at radius 2 is 2.09 bits per heavy atom. The number of nitrogens with zero attached hydrogens (tertiary/aromatic N) is 1. The highest BCUT2D eigenvalue weighted by Gasteiger charge is 2.27. The van der Waals surface area contributed by atoms with Gasteiger partial charge in [-0.2, -0.15) is 0 Å². The Labute approximate surface area is 137 Å². The molecule has 0 saturated carbocycles. The van der Waals surface area contributed by atoms with Gasteiger partial charge in [0.15, 0.2) is 0 Å². The molecule has 1 aromatic carbocycles. The van der Waals surface area contributed by atoms with E-state index < -0.39 is 0 Å². The first-order valence-electron chi connectivity index (χ1n) is 7.77. The zero-order valence-electron chi connectivity index (χ0n) is 12.7. The van der Waals surface area contributed by atoms with E-state index in [1.54, 1.807) is 0 Å². The summed E-state index contributed by atoms with van der Waals surface area (Å²) in [4.78, 5) is 14.8. The van der Waals surface area contributed by atoms with E-state index in [4.69, 9.17) is 4.74 Å². The van der Waals surface area contributed by atoms with E-state index in [0.717, 1.165) is 57.0 Å². The van der Waals surface area contributed by atoms with Gasteiger partial charge in [-0.3, -0.25) is 9.69 Å². The normalized spacial score (nSPS) is 21.2. The first-order chi connectivity index (χ1) is 10.3. The van der Waals surface area contributed by atoms with Crippen LogP contribution in [0.2, 0.25) is 0 Å². The number of nitrogens with one attached hydrogen (secondary N) is 2. The van der Waals surface area contributed by atoms with Crippen molar-refractivity contribution in [3.05, 3.63) is 29.8 Å². The molecule has 2 aliphatic heterocycles. The zero-order valence-corrected chi connectivity index (χ0v) is 13.5.